The topological polar surface area (TPSA) is 148 Å². The summed E-state index contributed by atoms with van der Waals surface area (Å²) in [6, 6.07) is 8.49. The number of nitrogens with one attached hydrogen (secondary N) is 2. The van der Waals surface area contributed by atoms with Gasteiger partial charge in [-0.15, -0.1) is 0 Å². The molecule has 0 bridgehead atoms. The number of hydrogen-bond donors (Lipinski definition) is 2. The predicted octanol–water partition coefficient (Wildman–Crippen LogP) is 2.72. The SMILES string of the molecule is CCOC(=O)C1=C(CN2C(=O)c3cccc([N+](=O)[O-])c3C2=O)NC(=O)NC1c1ccc(Cl)cc1. The average molecular weight is 485 g/mol. The van der Waals surface area contributed by atoms with Crippen LogP contribution < -0.4 is 10.6 Å². The Morgan fingerprint density at radius 2 is 1.85 bits per heavy atom. The van der Waals surface area contributed by atoms with Gasteiger partial charge in [-0.1, -0.05) is 29.8 Å². The lowest BCUT2D eigenvalue weighted by molar-refractivity contribution is -0.385. The molecule has 0 saturated carbocycles. The van der Waals surface area contributed by atoms with Crippen LogP contribution in [0.2, 0.25) is 5.02 Å². The first-order chi connectivity index (χ1) is 16.2. The van der Waals surface area contributed by atoms with Gasteiger partial charge in [-0.05, 0) is 30.7 Å². The van der Waals surface area contributed by atoms with Crippen LogP contribution in [0.1, 0.15) is 39.2 Å². The predicted molar refractivity (Wildman–Crippen MR) is 118 cm³/mol. The van der Waals surface area contributed by atoms with E-state index in [-0.39, 0.29) is 29.0 Å². The van der Waals surface area contributed by atoms with E-state index in [0.29, 0.717) is 10.6 Å². The summed E-state index contributed by atoms with van der Waals surface area (Å²) < 4.78 is 5.16. The number of fused-ring (bicyclic) bond motifs is 1. The fourth-order valence-corrected chi connectivity index (χ4v) is 3.99. The van der Waals surface area contributed by atoms with Crippen molar-refractivity contribution in [3.63, 3.8) is 0 Å². The van der Waals surface area contributed by atoms with Gasteiger partial charge in [-0.25, -0.2) is 9.59 Å². The molecule has 12 heteroatoms. The molecular formula is C22H17ClN4O7. The molecule has 0 saturated heterocycles. The van der Waals surface area contributed by atoms with E-state index in [1.807, 2.05) is 0 Å². The van der Waals surface area contributed by atoms with Crippen molar-refractivity contribution < 1.29 is 28.8 Å². The van der Waals surface area contributed by atoms with E-state index in [9.17, 15) is 29.3 Å². The van der Waals surface area contributed by atoms with Gasteiger partial charge in [0.05, 0.1) is 41.0 Å². The smallest absolute Gasteiger partial charge is 0.338 e. The van der Waals surface area contributed by atoms with Gasteiger partial charge in [0.1, 0.15) is 5.56 Å². The summed E-state index contributed by atoms with van der Waals surface area (Å²) >= 11 is 5.95. The fraction of sp³-hybridized carbons (Fsp3) is 0.182. The van der Waals surface area contributed by atoms with Gasteiger partial charge in [-0.3, -0.25) is 24.6 Å². The van der Waals surface area contributed by atoms with Crippen LogP contribution in [0.5, 0.6) is 0 Å². The first kappa shape index (κ1) is 22.9. The van der Waals surface area contributed by atoms with Crippen LogP contribution in [-0.2, 0) is 9.53 Å². The van der Waals surface area contributed by atoms with Crippen LogP contribution in [0.3, 0.4) is 0 Å². The standard InChI is InChI=1S/C22H17ClN4O7/c1-2-34-21(30)17-14(24-22(31)25-18(17)11-6-8-12(23)9-7-11)10-26-19(28)13-4-3-5-15(27(32)33)16(13)20(26)29/h3-9,18H,2,10H2,1H3,(H2,24,25,31). The van der Waals surface area contributed by atoms with Crippen molar-refractivity contribution in [3.05, 3.63) is 85.6 Å². The number of nitrogens with zero attached hydrogens (tertiary/aromatic N) is 2. The minimum absolute atomic E-state index is 0.0187. The van der Waals surface area contributed by atoms with E-state index < -0.39 is 47.0 Å². The Labute approximate surface area is 197 Å². The zero-order valence-electron chi connectivity index (χ0n) is 17.7. The number of urea groups is 1. The van der Waals surface area contributed by atoms with Crippen LogP contribution in [0, 0.1) is 10.1 Å². The second-order valence-corrected chi connectivity index (χ2v) is 7.79. The maximum absolute atomic E-state index is 13.0. The van der Waals surface area contributed by atoms with Crippen molar-refractivity contribution in [3.8, 4) is 0 Å². The van der Waals surface area contributed by atoms with Gasteiger partial charge in [0, 0.05) is 11.1 Å². The van der Waals surface area contributed by atoms with Crippen LogP contribution in [0.4, 0.5) is 10.5 Å². The normalized spacial score (nSPS) is 17.3. The molecule has 4 amide bonds. The van der Waals surface area contributed by atoms with Crippen LogP contribution in [-0.4, -0.2) is 46.8 Å². The second kappa shape index (κ2) is 8.94. The van der Waals surface area contributed by atoms with Crippen molar-refractivity contribution in [2.75, 3.05) is 13.2 Å². The van der Waals surface area contributed by atoms with Gasteiger partial charge in [-0.2, -0.15) is 0 Å². The molecule has 0 aromatic heterocycles. The van der Waals surface area contributed by atoms with E-state index >= 15 is 0 Å². The molecule has 11 nitrogen and oxygen atoms in total. The van der Waals surface area contributed by atoms with Gasteiger partial charge >= 0.3 is 12.0 Å². The number of halogens is 1. The number of nitro groups is 1. The summed E-state index contributed by atoms with van der Waals surface area (Å²) in [5.74, 6) is -2.46. The number of ether oxygens (including phenoxy) is 1. The third-order valence-corrected chi connectivity index (χ3v) is 5.59. The number of esters is 1. The summed E-state index contributed by atoms with van der Waals surface area (Å²) in [5.41, 5.74) is -0.532. The monoisotopic (exact) mass is 484 g/mol. The zero-order valence-corrected chi connectivity index (χ0v) is 18.4. The molecule has 0 radical (unpaired) electrons. The number of imide groups is 1. The third kappa shape index (κ3) is 3.97. The highest BCUT2D eigenvalue weighted by Gasteiger charge is 2.43. The molecule has 2 heterocycles. The molecule has 4 rings (SSSR count). The lowest BCUT2D eigenvalue weighted by Gasteiger charge is -2.30. The second-order valence-electron chi connectivity index (χ2n) is 7.35. The molecule has 174 valence electrons. The lowest BCUT2D eigenvalue weighted by Crippen LogP contribution is -2.49. The Kier molecular flexibility index (Phi) is 6.03. The number of nitro benzene ring substituents is 1. The summed E-state index contributed by atoms with van der Waals surface area (Å²) in [5, 5.41) is 16.9. The number of carbonyl (C=O) groups is 4. The Morgan fingerprint density at radius 3 is 2.50 bits per heavy atom. The highest BCUT2D eigenvalue weighted by Crippen LogP contribution is 2.33. The Bertz CT molecular complexity index is 1270. The Balaban J connectivity index is 1.78. The molecular weight excluding hydrogens is 468 g/mol. The van der Waals surface area contributed by atoms with Gasteiger partial charge in [0.15, 0.2) is 0 Å². The molecule has 2 aliphatic rings. The molecule has 0 spiro atoms. The largest absolute Gasteiger partial charge is 0.463 e. The number of carbonyl (C=O) groups excluding carboxylic acids is 4. The number of rotatable bonds is 6. The first-order valence-corrected chi connectivity index (χ1v) is 10.5. The maximum Gasteiger partial charge on any atom is 0.338 e. The van der Waals surface area contributed by atoms with Crippen molar-refractivity contribution in [2.24, 2.45) is 0 Å². The zero-order chi connectivity index (χ0) is 24.6. The number of benzene rings is 2. The number of amides is 4. The number of hydrogen-bond acceptors (Lipinski definition) is 7. The van der Waals surface area contributed by atoms with Gasteiger partial charge in [0.2, 0.25) is 0 Å². The van der Waals surface area contributed by atoms with Crippen LogP contribution in [0.15, 0.2) is 53.7 Å². The molecule has 2 N–H and O–H groups in total. The van der Waals surface area contributed by atoms with E-state index in [4.69, 9.17) is 16.3 Å². The van der Waals surface area contributed by atoms with E-state index in [1.54, 1.807) is 31.2 Å². The molecule has 0 aliphatic carbocycles. The van der Waals surface area contributed by atoms with Gasteiger partial charge in [0.25, 0.3) is 17.5 Å². The van der Waals surface area contributed by atoms with Crippen molar-refractivity contribution >= 4 is 41.1 Å². The Hall–Kier alpha value is -4.25. The minimum atomic E-state index is -0.954. The average Bonchev–Trinajstić information content (AvgIpc) is 3.04. The summed E-state index contributed by atoms with van der Waals surface area (Å²) in [6.45, 7) is 1.14. The van der Waals surface area contributed by atoms with Crippen LogP contribution >= 0.6 is 11.6 Å². The highest BCUT2D eigenvalue weighted by atomic mass is 35.5. The highest BCUT2D eigenvalue weighted by molar-refractivity contribution is 6.30. The van der Waals surface area contributed by atoms with Crippen LogP contribution in [0.25, 0.3) is 0 Å². The summed E-state index contributed by atoms with van der Waals surface area (Å²) in [7, 11) is 0. The van der Waals surface area contributed by atoms with E-state index in [2.05, 4.69) is 10.6 Å². The molecule has 0 fully saturated rings. The summed E-state index contributed by atoms with van der Waals surface area (Å²) in [6.07, 6.45) is 0. The quantitative estimate of drug-likeness (QED) is 0.277. The van der Waals surface area contributed by atoms with E-state index in [1.165, 1.54) is 12.1 Å². The molecule has 34 heavy (non-hydrogen) atoms. The molecule has 2 aromatic carbocycles. The molecule has 1 atom stereocenters. The van der Waals surface area contributed by atoms with Crippen molar-refractivity contribution in [2.45, 2.75) is 13.0 Å². The van der Waals surface area contributed by atoms with E-state index in [0.717, 1.165) is 11.0 Å². The molecule has 2 aromatic rings. The summed E-state index contributed by atoms with van der Waals surface area (Å²) in [4.78, 5) is 62.6. The lowest BCUT2D eigenvalue weighted by atomic mass is 9.95. The Morgan fingerprint density at radius 1 is 1.15 bits per heavy atom. The first-order valence-electron chi connectivity index (χ1n) is 10.1. The molecule has 2 aliphatic heterocycles. The minimum Gasteiger partial charge on any atom is -0.463 e. The van der Waals surface area contributed by atoms with Crippen molar-refractivity contribution in [1.82, 2.24) is 15.5 Å². The maximum atomic E-state index is 13.0. The fourth-order valence-electron chi connectivity index (χ4n) is 3.87. The van der Waals surface area contributed by atoms with Crippen molar-refractivity contribution in [1.29, 1.82) is 0 Å². The molecule has 1 unspecified atom stereocenters. The van der Waals surface area contributed by atoms with Gasteiger partial charge < -0.3 is 15.4 Å². The third-order valence-electron chi connectivity index (χ3n) is 5.34.